The summed E-state index contributed by atoms with van der Waals surface area (Å²) in [6.07, 6.45) is 3.88. The summed E-state index contributed by atoms with van der Waals surface area (Å²) in [6.45, 7) is 2.90. The van der Waals surface area contributed by atoms with Crippen molar-refractivity contribution >= 4 is 11.6 Å². The van der Waals surface area contributed by atoms with Gasteiger partial charge in [0, 0.05) is 25.6 Å². The number of hydrogen-bond donors (Lipinski definition) is 1. The van der Waals surface area contributed by atoms with Crippen molar-refractivity contribution in [1.29, 1.82) is 0 Å². The van der Waals surface area contributed by atoms with Gasteiger partial charge in [-0.25, -0.2) is 4.68 Å². The van der Waals surface area contributed by atoms with Crippen LogP contribution in [0.4, 0.5) is 0 Å². The number of amides is 1. The van der Waals surface area contributed by atoms with Crippen LogP contribution in [-0.2, 0) is 17.8 Å². The fraction of sp³-hybridized carbons (Fsp3) is 0.429. The molecule has 1 amide bonds. The molecule has 0 bridgehead atoms. The number of hydrogen-bond acceptors (Lipinski definition) is 6. The van der Waals surface area contributed by atoms with Gasteiger partial charge in [0.2, 0.25) is 5.91 Å². The Morgan fingerprint density at radius 1 is 1.26 bits per heavy atom. The van der Waals surface area contributed by atoms with Gasteiger partial charge in [0.1, 0.15) is 11.6 Å². The Hall–Kier alpha value is -2.84. The van der Waals surface area contributed by atoms with E-state index in [1.807, 2.05) is 28.8 Å². The highest BCUT2D eigenvalue weighted by Gasteiger charge is 2.06. The van der Waals surface area contributed by atoms with Crippen LogP contribution in [0.15, 0.2) is 24.4 Å². The molecule has 23 heavy (non-hydrogen) atoms. The zero-order valence-electron chi connectivity index (χ0n) is 12.9. The number of aryl methyl sites for hydroxylation is 3. The Labute approximate surface area is 132 Å². The summed E-state index contributed by atoms with van der Waals surface area (Å²) in [5.74, 6) is 1.60. The second-order valence-corrected chi connectivity index (χ2v) is 5.20. The van der Waals surface area contributed by atoms with Crippen molar-refractivity contribution < 1.29 is 4.79 Å². The third-order valence-electron chi connectivity index (χ3n) is 3.55. The summed E-state index contributed by atoms with van der Waals surface area (Å²) in [6, 6.07) is 5.79. The lowest BCUT2D eigenvalue weighted by Gasteiger charge is -2.05. The Morgan fingerprint density at radius 3 is 3.00 bits per heavy atom. The minimum absolute atomic E-state index is 0.00833. The second-order valence-electron chi connectivity index (χ2n) is 5.20. The molecular weight excluding hydrogens is 296 g/mol. The lowest BCUT2D eigenvalue weighted by Crippen LogP contribution is -2.26. The molecule has 9 nitrogen and oxygen atoms in total. The highest BCUT2D eigenvalue weighted by Crippen LogP contribution is 2.04. The van der Waals surface area contributed by atoms with Gasteiger partial charge in [-0.2, -0.15) is 0 Å². The van der Waals surface area contributed by atoms with Crippen molar-refractivity contribution in [1.82, 2.24) is 40.1 Å². The van der Waals surface area contributed by atoms with E-state index in [1.54, 1.807) is 11.6 Å². The van der Waals surface area contributed by atoms with Crippen molar-refractivity contribution in [3.05, 3.63) is 36.0 Å². The normalized spacial score (nSPS) is 11.0. The molecule has 3 heterocycles. The van der Waals surface area contributed by atoms with Gasteiger partial charge in [0.05, 0.1) is 6.54 Å². The molecule has 0 aliphatic carbocycles. The highest BCUT2D eigenvalue weighted by molar-refractivity contribution is 5.75. The van der Waals surface area contributed by atoms with E-state index in [-0.39, 0.29) is 5.91 Å². The van der Waals surface area contributed by atoms with Gasteiger partial charge in [-0.05, 0) is 35.9 Å². The minimum atomic E-state index is -0.00833. The van der Waals surface area contributed by atoms with Crippen LogP contribution in [0.3, 0.4) is 0 Å². The smallest absolute Gasteiger partial charge is 0.221 e. The van der Waals surface area contributed by atoms with Crippen molar-refractivity contribution in [3.63, 3.8) is 0 Å². The predicted molar refractivity (Wildman–Crippen MR) is 81.5 cm³/mol. The molecule has 0 saturated carbocycles. The number of rotatable bonds is 7. The van der Waals surface area contributed by atoms with Gasteiger partial charge in [0.15, 0.2) is 5.65 Å². The second kappa shape index (κ2) is 6.95. The number of tetrazole rings is 1. The number of aromatic nitrogens is 7. The Morgan fingerprint density at radius 2 is 2.17 bits per heavy atom. The number of carbonyl (C=O) groups is 1. The molecule has 0 aromatic carbocycles. The van der Waals surface area contributed by atoms with Crippen molar-refractivity contribution in [2.24, 2.45) is 0 Å². The van der Waals surface area contributed by atoms with E-state index in [0.717, 1.165) is 24.3 Å². The van der Waals surface area contributed by atoms with Gasteiger partial charge >= 0.3 is 0 Å². The molecule has 1 N–H and O–H groups in total. The first kappa shape index (κ1) is 15.1. The van der Waals surface area contributed by atoms with E-state index in [0.29, 0.717) is 25.3 Å². The molecule has 0 spiro atoms. The topological polar surface area (TPSA) is 103 Å². The van der Waals surface area contributed by atoms with E-state index >= 15 is 0 Å². The molecular formula is C14H18N8O. The molecule has 120 valence electrons. The third kappa shape index (κ3) is 3.68. The average molecular weight is 314 g/mol. The quantitative estimate of drug-likeness (QED) is 0.623. The summed E-state index contributed by atoms with van der Waals surface area (Å²) in [5, 5.41) is 22.3. The summed E-state index contributed by atoms with van der Waals surface area (Å²) >= 11 is 0. The molecule has 0 fully saturated rings. The number of fused-ring (bicyclic) bond motifs is 1. The van der Waals surface area contributed by atoms with Gasteiger partial charge in [0.25, 0.3) is 0 Å². The van der Waals surface area contributed by atoms with Gasteiger partial charge in [-0.1, -0.05) is 6.07 Å². The maximum absolute atomic E-state index is 11.8. The fourth-order valence-electron chi connectivity index (χ4n) is 2.29. The molecule has 3 aromatic rings. The maximum atomic E-state index is 11.8. The van der Waals surface area contributed by atoms with Gasteiger partial charge < -0.3 is 5.32 Å². The van der Waals surface area contributed by atoms with Gasteiger partial charge in [-0.15, -0.1) is 15.3 Å². The van der Waals surface area contributed by atoms with E-state index in [1.165, 1.54) is 0 Å². The first-order valence-corrected chi connectivity index (χ1v) is 7.52. The molecule has 3 aromatic heterocycles. The number of pyridine rings is 1. The molecule has 0 aliphatic heterocycles. The molecule has 0 radical (unpaired) electrons. The van der Waals surface area contributed by atoms with Crippen molar-refractivity contribution in [2.75, 3.05) is 6.54 Å². The van der Waals surface area contributed by atoms with Crippen LogP contribution in [0.2, 0.25) is 0 Å². The Bertz CT molecular complexity index is 793. The summed E-state index contributed by atoms with van der Waals surface area (Å²) in [5.41, 5.74) is 0.836. The lowest BCUT2D eigenvalue weighted by molar-refractivity contribution is -0.121. The fourth-order valence-corrected chi connectivity index (χ4v) is 2.29. The van der Waals surface area contributed by atoms with Crippen LogP contribution in [0.25, 0.3) is 5.65 Å². The SMILES string of the molecule is Cc1nnnn1CCC(=O)NCCCc1nnc2ccccn12. The first-order chi connectivity index (χ1) is 11.2. The minimum Gasteiger partial charge on any atom is -0.356 e. The lowest BCUT2D eigenvalue weighted by atomic mass is 10.3. The van der Waals surface area contributed by atoms with E-state index < -0.39 is 0 Å². The van der Waals surface area contributed by atoms with Crippen molar-refractivity contribution in [2.45, 2.75) is 32.7 Å². The Balaban J connectivity index is 1.39. The molecule has 0 atom stereocenters. The molecule has 0 saturated heterocycles. The van der Waals surface area contributed by atoms with Crippen LogP contribution in [0.1, 0.15) is 24.5 Å². The van der Waals surface area contributed by atoms with Crippen molar-refractivity contribution in [3.8, 4) is 0 Å². The van der Waals surface area contributed by atoms with Crippen LogP contribution in [-0.4, -0.2) is 47.3 Å². The van der Waals surface area contributed by atoms with Crippen LogP contribution >= 0.6 is 0 Å². The standard InChI is InChI=1S/C14H18N8O/c1-11-16-19-20-22(11)10-7-14(23)15-8-4-6-13-18-17-12-5-2-3-9-21(12)13/h2-3,5,9H,4,6-8,10H2,1H3,(H,15,23). The molecule has 0 aliphatic rings. The largest absolute Gasteiger partial charge is 0.356 e. The maximum Gasteiger partial charge on any atom is 0.221 e. The van der Waals surface area contributed by atoms with Crippen LogP contribution in [0, 0.1) is 6.92 Å². The summed E-state index contributed by atoms with van der Waals surface area (Å²) < 4.78 is 3.57. The van der Waals surface area contributed by atoms with Crippen LogP contribution in [0.5, 0.6) is 0 Å². The van der Waals surface area contributed by atoms with Crippen LogP contribution < -0.4 is 5.32 Å². The number of nitrogens with zero attached hydrogens (tertiary/aromatic N) is 7. The third-order valence-corrected chi connectivity index (χ3v) is 3.55. The average Bonchev–Trinajstić information content (AvgIpc) is 3.16. The van der Waals surface area contributed by atoms with Gasteiger partial charge in [-0.3, -0.25) is 9.20 Å². The predicted octanol–water partition coefficient (Wildman–Crippen LogP) is 0.163. The summed E-state index contributed by atoms with van der Waals surface area (Å²) in [4.78, 5) is 11.8. The van der Waals surface area contributed by atoms with E-state index in [4.69, 9.17) is 0 Å². The molecule has 3 rings (SSSR count). The molecule has 9 heteroatoms. The first-order valence-electron chi connectivity index (χ1n) is 7.52. The van der Waals surface area contributed by atoms with E-state index in [9.17, 15) is 4.79 Å². The number of carbonyl (C=O) groups excluding carboxylic acids is 1. The number of nitrogens with one attached hydrogen (secondary N) is 1. The Kier molecular flexibility index (Phi) is 4.55. The monoisotopic (exact) mass is 314 g/mol. The highest BCUT2D eigenvalue weighted by atomic mass is 16.1. The molecule has 0 unspecified atom stereocenters. The zero-order valence-corrected chi connectivity index (χ0v) is 12.9. The van der Waals surface area contributed by atoms with E-state index in [2.05, 4.69) is 31.0 Å². The zero-order chi connectivity index (χ0) is 16.1. The summed E-state index contributed by atoms with van der Waals surface area (Å²) in [7, 11) is 0.